The number of hydrogen-bond donors (Lipinski definition) is 2. The number of aryl methyl sites for hydroxylation is 1. The highest BCUT2D eigenvalue weighted by atomic mass is 35.5. The van der Waals surface area contributed by atoms with Crippen LogP contribution in [0, 0.1) is 6.92 Å². The van der Waals surface area contributed by atoms with E-state index in [0.717, 1.165) is 23.2 Å². The Morgan fingerprint density at radius 1 is 1.20 bits per heavy atom. The molecule has 2 aliphatic rings. The van der Waals surface area contributed by atoms with Crippen molar-refractivity contribution >= 4 is 50.0 Å². The smallest absolute Gasteiger partial charge is 0.251 e. The minimum absolute atomic E-state index is 0.0165. The summed E-state index contributed by atoms with van der Waals surface area (Å²) >= 11 is 7.36. The average molecular weight is 464 g/mol. The summed E-state index contributed by atoms with van der Waals surface area (Å²) < 4.78 is 23.4. The van der Waals surface area contributed by atoms with Crippen LogP contribution in [0.2, 0.25) is 5.02 Å². The molecule has 1 amide bonds. The van der Waals surface area contributed by atoms with Crippen molar-refractivity contribution in [2.24, 2.45) is 4.99 Å². The predicted molar refractivity (Wildman–Crippen MR) is 124 cm³/mol. The second-order valence-corrected chi connectivity index (χ2v) is 11.3. The molecular formula is C21H22ClN3O3S2. The van der Waals surface area contributed by atoms with Gasteiger partial charge >= 0.3 is 0 Å². The van der Waals surface area contributed by atoms with E-state index in [4.69, 9.17) is 11.6 Å². The quantitative estimate of drug-likeness (QED) is 0.710. The molecule has 0 unspecified atom stereocenters. The lowest BCUT2D eigenvalue weighted by Gasteiger charge is -2.12. The zero-order valence-corrected chi connectivity index (χ0v) is 18.8. The predicted octanol–water partition coefficient (Wildman–Crippen LogP) is 3.30. The second kappa shape index (κ2) is 8.61. The van der Waals surface area contributed by atoms with Gasteiger partial charge in [0.05, 0.1) is 17.5 Å². The number of thioether (sulfide) groups is 1. The zero-order chi connectivity index (χ0) is 21.3. The van der Waals surface area contributed by atoms with Crippen LogP contribution in [0.15, 0.2) is 47.5 Å². The molecule has 0 saturated carbocycles. The summed E-state index contributed by atoms with van der Waals surface area (Å²) in [6.45, 7) is 2.48. The molecule has 2 aromatic rings. The van der Waals surface area contributed by atoms with Crippen LogP contribution < -0.4 is 10.6 Å². The molecule has 0 aromatic heterocycles. The number of anilines is 1. The highest BCUT2D eigenvalue weighted by Crippen LogP contribution is 2.35. The number of carbonyl (C=O) groups excluding carboxylic acids is 1. The number of amidine groups is 1. The van der Waals surface area contributed by atoms with Crippen molar-refractivity contribution in [1.82, 2.24) is 5.32 Å². The summed E-state index contributed by atoms with van der Waals surface area (Å²) in [4.78, 5) is 17.1. The van der Waals surface area contributed by atoms with E-state index in [2.05, 4.69) is 15.6 Å². The van der Waals surface area contributed by atoms with Gasteiger partial charge in [-0.15, -0.1) is 0 Å². The summed E-state index contributed by atoms with van der Waals surface area (Å²) in [5.41, 5.74) is 3.45. The molecule has 0 bridgehead atoms. The third-order valence-corrected chi connectivity index (χ3v) is 8.57. The van der Waals surface area contributed by atoms with Gasteiger partial charge in [0, 0.05) is 28.1 Å². The molecule has 2 atom stereocenters. The number of nitrogens with one attached hydrogen (secondary N) is 2. The van der Waals surface area contributed by atoms with Gasteiger partial charge in [0.25, 0.3) is 5.91 Å². The maximum atomic E-state index is 12.6. The van der Waals surface area contributed by atoms with Crippen molar-refractivity contribution in [2.75, 3.05) is 23.4 Å². The van der Waals surface area contributed by atoms with Crippen LogP contribution in [-0.2, 0) is 16.3 Å². The number of hydrogen-bond acceptors (Lipinski definition) is 6. The minimum atomic E-state index is -2.97. The van der Waals surface area contributed by atoms with E-state index < -0.39 is 9.84 Å². The van der Waals surface area contributed by atoms with E-state index in [9.17, 15) is 13.2 Å². The van der Waals surface area contributed by atoms with E-state index >= 15 is 0 Å². The lowest BCUT2D eigenvalue weighted by molar-refractivity contribution is 0.0954. The minimum Gasteiger partial charge on any atom is -0.352 e. The summed E-state index contributed by atoms with van der Waals surface area (Å²) in [5.74, 6) is 0.146. The first kappa shape index (κ1) is 21.2. The van der Waals surface area contributed by atoms with Crippen molar-refractivity contribution in [3.05, 3.63) is 64.2 Å². The maximum Gasteiger partial charge on any atom is 0.251 e. The van der Waals surface area contributed by atoms with Gasteiger partial charge in [-0.1, -0.05) is 41.6 Å². The van der Waals surface area contributed by atoms with E-state index in [-0.39, 0.29) is 28.7 Å². The summed E-state index contributed by atoms with van der Waals surface area (Å²) in [6, 6.07) is 12.9. The molecule has 0 spiro atoms. The van der Waals surface area contributed by atoms with Gasteiger partial charge < -0.3 is 10.6 Å². The number of halogens is 1. The van der Waals surface area contributed by atoms with E-state index in [1.54, 1.807) is 12.1 Å². The Hall–Kier alpha value is -2.03. The van der Waals surface area contributed by atoms with Crippen LogP contribution in [0.4, 0.5) is 5.69 Å². The third-order valence-electron chi connectivity index (χ3n) is 5.17. The zero-order valence-electron chi connectivity index (χ0n) is 16.4. The van der Waals surface area contributed by atoms with Crippen molar-refractivity contribution < 1.29 is 13.2 Å². The summed E-state index contributed by atoms with van der Waals surface area (Å²) in [7, 11) is -2.97. The van der Waals surface area contributed by atoms with Crippen molar-refractivity contribution in [2.45, 2.75) is 24.6 Å². The molecule has 2 heterocycles. The first-order valence-corrected chi connectivity index (χ1v) is 12.7. The maximum absolute atomic E-state index is 12.6. The number of rotatable bonds is 5. The van der Waals surface area contributed by atoms with Crippen LogP contribution in [0.1, 0.15) is 21.5 Å². The number of nitrogens with zero attached hydrogens (tertiary/aromatic N) is 1. The Bertz CT molecular complexity index is 1100. The Morgan fingerprint density at radius 2 is 1.97 bits per heavy atom. The van der Waals surface area contributed by atoms with E-state index in [1.807, 2.05) is 37.3 Å². The normalized spacial score (nSPS) is 21.7. The topological polar surface area (TPSA) is 87.6 Å². The van der Waals surface area contributed by atoms with E-state index in [1.165, 1.54) is 11.8 Å². The van der Waals surface area contributed by atoms with Crippen molar-refractivity contribution in [3.63, 3.8) is 0 Å². The van der Waals surface area contributed by atoms with Crippen molar-refractivity contribution in [1.29, 1.82) is 0 Å². The average Bonchev–Trinajstić information content (AvgIpc) is 3.17. The van der Waals surface area contributed by atoms with Gasteiger partial charge in [-0.2, -0.15) is 0 Å². The highest BCUT2D eigenvalue weighted by molar-refractivity contribution is 8.15. The van der Waals surface area contributed by atoms with Gasteiger partial charge in [0.15, 0.2) is 15.0 Å². The Morgan fingerprint density at radius 3 is 2.70 bits per heavy atom. The molecule has 6 nitrogen and oxygen atoms in total. The number of carbonyl (C=O) groups is 1. The first-order valence-electron chi connectivity index (χ1n) is 9.64. The fraction of sp³-hybridized carbons (Fsp3) is 0.333. The van der Waals surface area contributed by atoms with E-state index in [0.29, 0.717) is 22.3 Å². The number of aliphatic imine (C=N–C) groups is 1. The fourth-order valence-electron chi connectivity index (χ4n) is 3.50. The highest BCUT2D eigenvalue weighted by Gasteiger charge is 2.42. The SMILES string of the molecule is Cc1ccc(C(=O)NCCc2ccc(Cl)cc2)cc1NC1=N[C@@H]2CS(=O)(=O)C[C@H]2S1. The van der Waals surface area contributed by atoms with Gasteiger partial charge in [-0.3, -0.25) is 9.79 Å². The van der Waals surface area contributed by atoms with Crippen LogP contribution in [0.25, 0.3) is 0 Å². The summed E-state index contributed by atoms with van der Waals surface area (Å²) in [6.07, 6.45) is 0.721. The van der Waals surface area contributed by atoms with Gasteiger partial charge in [-0.25, -0.2) is 8.42 Å². The number of benzene rings is 2. The molecule has 9 heteroatoms. The second-order valence-electron chi connectivity index (χ2n) is 7.52. The molecule has 158 valence electrons. The first-order chi connectivity index (χ1) is 14.3. The largest absolute Gasteiger partial charge is 0.352 e. The molecule has 0 aliphatic carbocycles. The number of sulfone groups is 1. The molecule has 0 radical (unpaired) electrons. The molecule has 2 aliphatic heterocycles. The van der Waals surface area contributed by atoms with Gasteiger partial charge in [0.1, 0.15) is 0 Å². The third kappa shape index (κ3) is 4.99. The van der Waals surface area contributed by atoms with Crippen LogP contribution in [-0.4, -0.2) is 48.8 Å². The number of amides is 1. The van der Waals surface area contributed by atoms with Crippen molar-refractivity contribution in [3.8, 4) is 0 Å². The molecule has 1 fully saturated rings. The molecule has 1 saturated heterocycles. The lowest BCUT2D eigenvalue weighted by atomic mass is 10.1. The molecular weight excluding hydrogens is 442 g/mol. The fourth-order valence-corrected chi connectivity index (χ4v) is 7.30. The number of fused-ring (bicyclic) bond motifs is 1. The lowest BCUT2D eigenvalue weighted by Crippen LogP contribution is -2.25. The molecule has 2 aromatic carbocycles. The van der Waals surface area contributed by atoms with Crippen LogP contribution in [0.5, 0.6) is 0 Å². The van der Waals surface area contributed by atoms with Gasteiger partial charge in [0.2, 0.25) is 0 Å². The summed E-state index contributed by atoms with van der Waals surface area (Å²) in [5, 5.41) is 7.60. The standard InChI is InChI=1S/C21H22ClN3O3S2/c1-13-2-5-15(20(26)23-9-8-14-3-6-16(22)7-4-14)10-17(13)24-21-25-18-11-30(27,28)12-19(18)29-21/h2-7,10,18-19H,8-9,11-12H2,1H3,(H,23,26)(H,24,25)/t18-,19-/m1/s1. The molecule has 30 heavy (non-hydrogen) atoms. The molecule has 2 N–H and O–H groups in total. The van der Waals surface area contributed by atoms with Crippen LogP contribution >= 0.6 is 23.4 Å². The Labute approximate surface area is 185 Å². The monoisotopic (exact) mass is 463 g/mol. The Kier molecular flexibility index (Phi) is 6.09. The van der Waals surface area contributed by atoms with Gasteiger partial charge in [-0.05, 0) is 48.7 Å². The van der Waals surface area contributed by atoms with Crippen LogP contribution in [0.3, 0.4) is 0 Å². The molecule has 4 rings (SSSR count). The Balaban J connectivity index is 1.37.